The van der Waals surface area contributed by atoms with Crippen LogP contribution in [0.25, 0.3) is 10.9 Å². The normalized spacial score (nSPS) is 15.4. The molecule has 1 aliphatic heterocycles. The fourth-order valence-electron chi connectivity index (χ4n) is 2.51. The number of hydrogen-bond acceptors (Lipinski definition) is 1. The third-order valence-electron chi connectivity index (χ3n) is 3.27. The minimum Gasteiger partial charge on any atom is -0.330 e. The molecule has 1 N–H and O–H groups in total. The molecule has 0 bridgehead atoms. The van der Waals surface area contributed by atoms with Crippen molar-refractivity contribution in [1.29, 1.82) is 0 Å². The largest absolute Gasteiger partial charge is 0.330 e. The number of hydrogen-bond donors (Lipinski definition) is 1. The SMILES string of the molecule is Cc1c2n(c3c(Cl)cc(Cl)cc13)CNCC2. The van der Waals surface area contributed by atoms with Gasteiger partial charge >= 0.3 is 0 Å². The van der Waals surface area contributed by atoms with Crippen molar-refractivity contribution in [2.45, 2.75) is 20.0 Å². The molecule has 2 nitrogen and oxygen atoms in total. The molecule has 0 radical (unpaired) electrons. The zero-order valence-corrected chi connectivity index (χ0v) is 10.5. The van der Waals surface area contributed by atoms with Gasteiger partial charge in [-0.25, -0.2) is 0 Å². The lowest BCUT2D eigenvalue weighted by atomic mass is 10.1. The average molecular weight is 255 g/mol. The second-order valence-electron chi connectivity index (χ2n) is 4.19. The smallest absolute Gasteiger partial charge is 0.0729 e. The molecule has 0 atom stereocenters. The van der Waals surface area contributed by atoms with Crippen LogP contribution in [0.15, 0.2) is 12.1 Å². The molecule has 0 fully saturated rings. The van der Waals surface area contributed by atoms with Crippen LogP contribution in [0.1, 0.15) is 11.3 Å². The van der Waals surface area contributed by atoms with E-state index in [2.05, 4.69) is 16.8 Å². The summed E-state index contributed by atoms with van der Waals surface area (Å²) in [5, 5.41) is 5.98. The number of aromatic nitrogens is 1. The maximum absolute atomic E-state index is 6.28. The van der Waals surface area contributed by atoms with E-state index in [1.807, 2.05) is 12.1 Å². The molecule has 0 amide bonds. The fourth-order valence-corrected chi connectivity index (χ4v) is 3.11. The second-order valence-corrected chi connectivity index (χ2v) is 5.04. The maximum atomic E-state index is 6.28. The molecular weight excluding hydrogens is 243 g/mol. The Morgan fingerprint density at radius 1 is 1.31 bits per heavy atom. The third-order valence-corrected chi connectivity index (χ3v) is 3.78. The molecule has 1 aromatic carbocycles. The zero-order chi connectivity index (χ0) is 11.3. The first-order valence-corrected chi connectivity index (χ1v) is 6.11. The maximum Gasteiger partial charge on any atom is 0.0729 e. The van der Waals surface area contributed by atoms with Crippen LogP contribution >= 0.6 is 23.2 Å². The topological polar surface area (TPSA) is 17.0 Å². The summed E-state index contributed by atoms with van der Waals surface area (Å²) in [6.45, 7) is 4.01. The van der Waals surface area contributed by atoms with Crippen molar-refractivity contribution < 1.29 is 0 Å². The lowest BCUT2D eigenvalue weighted by Crippen LogP contribution is -2.28. The summed E-state index contributed by atoms with van der Waals surface area (Å²) in [5.74, 6) is 0. The first-order valence-electron chi connectivity index (χ1n) is 5.36. The van der Waals surface area contributed by atoms with Crippen molar-refractivity contribution in [2.75, 3.05) is 6.54 Å². The molecule has 0 saturated carbocycles. The summed E-state index contributed by atoms with van der Waals surface area (Å²) >= 11 is 12.3. The monoisotopic (exact) mass is 254 g/mol. The Kier molecular flexibility index (Phi) is 2.39. The molecule has 0 spiro atoms. The summed E-state index contributed by atoms with van der Waals surface area (Å²) in [5.41, 5.74) is 3.78. The van der Waals surface area contributed by atoms with E-state index in [0.29, 0.717) is 5.02 Å². The van der Waals surface area contributed by atoms with Gasteiger partial charge in [0.2, 0.25) is 0 Å². The third kappa shape index (κ3) is 1.37. The lowest BCUT2D eigenvalue weighted by Gasteiger charge is -2.18. The number of aryl methyl sites for hydroxylation is 1. The molecule has 2 heterocycles. The summed E-state index contributed by atoms with van der Waals surface area (Å²) < 4.78 is 2.26. The lowest BCUT2D eigenvalue weighted by molar-refractivity contribution is 0.505. The molecule has 16 heavy (non-hydrogen) atoms. The second kappa shape index (κ2) is 3.66. The zero-order valence-electron chi connectivity index (χ0n) is 8.98. The van der Waals surface area contributed by atoms with Crippen LogP contribution in [0.2, 0.25) is 10.0 Å². The Morgan fingerprint density at radius 2 is 2.12 bits per heavy atom. The van der Waals surface area contributed by atoms with Crippen LogP contribution in [-0.4, -0.2) is 11.1 Å². The summed E-state index contributed by atoms with van der Waals surface area (Å²) in [6.07, 6.45) is 1.05. The minimum atomic E-state index is 0.705. The number of benzene rings is 1. The highest BCUT2D eigenvalue weighted by Gasteiger charge is 2.19. The van der Waals surface area contributed by atoms with Gasteiger partial charge in [0.05, 0.1) is 17.2 Å². The molecule has 84 valence electrons. The molecular formula is C12H12Cl2N2. The Bertz CT molecular complexity index is 572. The van der Waals surface area contributed by atoms with Crippen molar-refractivity contribution in [1.82, 2.24) is 9.88 Å². The van der Waals surface area contributed by atoms with Crippen LogP contribution in [0.5, 0.6) is 0 Å². The van der Waals surface area contributed by atoms with Crippen molar-refractivity contribution in [3.8, 4) is 0 Å². The van der Waals surface area contributed by atoms with E-state index >= 15 is 0 Å². The number of fused-ring (bicyclic) bond motifs is 3. The Balaban J connectivity index is 2.44. The van der Waals surface area contributed by atoms with Crippen molar-refractivity contribution in [2.24, 2.45) is 0 Å². The van der Waals surface area contributed by atoms with Crippen LogP contribution < -0.4 is 5.32 Å². The van der Waals surface area contributed by atoms with Gasteiger partial charge in [-0.3, -0.25) is 5.32 Å². The van der Waals surface area contributed by atoms with E-state index in [-0.39, 0.29) is 0 Å². The Labute approximate surface area is 104 Å². The van der Waals surface area contributed by atoms with E-state index < -0.39 is 0 Å². The molecule has 1 aliphatic rings. The van der Waals surface area contributed by atoms with Crippen LogP contribution in [0.4, 0.5) is 0 Å². The van der Waals surface area contributed by atoms with Gasteiger partial charge in [-0.05, 0) is 24.6 Å². The number of nitrogens with zero attached hydrogens (tertiary/aromatic N) is 1. The standard InChI is InChI=1S/C12H12Cl2N2/c1-7-9-4-8(13)5-10(14)12(9)16-6-15-3-2-11(7)16/h4-5,15H,2-3,6H2,1H3. The summed E-state index contributed by atoms with van der Waals surface area (Å²) in [7, 11) is 0. The van der Waals surface area contributed by atoms with Crippen LogP contribution in [0, 0.1) is 6.92 Å². The predicted octanol–water partition coefficient (Wildman–Crippen LogP) is 3.36. The highest BCUT2D eigenvalue weighted by molar-refractivity contribution is 6.38. The first kappa shape index (κ1) is 10.5. The Hall–Kier alpha value is -0.700. The Morgan fingerprint density at radius 3 is 2.94 bits per heavy atom. The molecule has 1 aromatic heterocycles. The molecule has 0 unspecified atom stereocenters. The van der Waals surface area contributed by atoms with Gasteiger partial charge < -0.3 is 4.57 Å². The fraction of sp³-hybridized carbons (Fsp3) is 0.333. The van der Waals surface area contributed by atoms with Gasteiger partial charge in [0, 0.05) is 29.1 Å². The molecule has 4 heteroatoms. The highest BCUT2D eigenvalue weighted by Crippen LogP contribution is 2.34. The molecule has 0 saturated heterocycles. The molecule has 2 aromatic rings. The average Bonchev–Trinajstić information content (AvgIpc) is 2.54. The number of halogens is 2. The summed E-state index contributed by atoms with van der Waals surface area (Å²) in [6, 6.07) is 3.82. The minimum absolute atomic E-state index is 0.705. The number of nitrogens with one attached hydrogen (secondary N) is 1. The van der Waals surface area contributed by atoms with Crippen molar-refractivity contribution in [3.05, 3.63) is 33.4 Å². The van der Waals surface area contributed by atoms with Gasteiger partial charge in [0.15, 0.2) is 0 Å². The van der Waals surface area contributed by atoms with E-state index in [1.165, 1.54) is 16.6 Å². The van der Waals surface area contributed by atoms with E-state index in [9.17, 15) is 0 Å². The molecule has 0 aliphatic carbocycles. The quantitative estimate of drug-likeness (QED) is 0.763. The summed E-state index contributed by atoms with van der Waals surface area (Å²) in [4.78, 5) is 0. The van der Waals surface area contributed by atoms with E-state index in [4.69, 9.17) is 23.2 Å². The van der Waals surface area contributed by atoms with E-state index in [1.54, 1.807) is 0 Å². The molecule has 3 rings (SSSR count). The van der Waals surface area contributed by atoms with E-state index in [0.717, 1.165) is 30.2 Å². The van der Waals surface area contributed by atoms with Gasteiger partial charge in [-0.1, -0.05) is 23.2 Å². The van der Waals surface area contributed by atoms with Crippen molar-refractivity contribution >= 4 is 34.1 Å². The van der Waals surface area contributed by atoms with Crippen molar-refractivity contribution in [3.63, 3.8) is 0 Å². The van der Waals surface area contributed by atoms with Crippen LogP contribution in [0.3, 0.4) is 0 Å². The van der Waals surface area contributed by atoms with Gasteiger partial charge in [0.1, 0.15) is 0 Å². The van der Waals surface area contributed by atoms with Crippen LogP contribution in [-0.2, 0) is 13.1 Å². The van der Waals surface area contributed by atoms with Gasteiger partial charge in [-0.15, -0.1) is 0 Å². The van der Waals surface area contributed by atoms with Gasteiger partial charge in [-0.2, -0.15) is 0 Å². The number of rotatable bonds is 0. The highest BCUT2D eigenvalue weighted by atomic mass is 35.5. The van der Waals surface area contributed by atoms with Gasteiger partial charge in [0.25, 0.3) is 0 Å². The predicted molar refractivity (Wildman–Crippen MR) is 68.4 cm³/mol. The first-order chi connectivity index (χ1) is 7.68.